The number of hydrogen-bond acceptors (Lipinski definition) is 3. The van der Waals surface area contributed by atoms with Crippen molar-refractivity contribution in [1.29, 1.82) is 0 Å². The van der Waals surface area contributed by atoms with Crippen molar-refractivity contribution >= 4 is 5.91 Å². The van der Waals surface area contributed by atoms with Crippen LogP contribution in [0.25, 0.3) is 0 Å². The lowest BCUT2D eigenvalue weighted by molar-refractivity contribution is -0.137. The summed E-state index contributed by atoms with van der Waals surface area (Å²) in [5.41, 5.74) is 0. The summed E-state index contributed by atoms with van der Waals surface area (Å²) in [7, 11) is 0. The van der Waals surface area contributed by atoms with E-state index < -0.39 is 0 Å². The summed E-state index contributed by atoms with van der Waals surface area (Å²) in [6, 6.07) is 0. The van der Waals surface area contributed by atoms with Gasteiger partial charge in [-0.25, -0.2) is 4.98 Å². The average Bonchev–Trinajstić information content (AvgIpc) is 3.00. The van der Waals surface area contributed by atoms with Crippen molar-refractivity contribution in [3.63, 3.8) is 0 Å². The molecule has 0 N–H and O–H groups in total. The van der Waals surface area contributed by atoms with Gasteiger partial charge >= 0.3 is 0 Å². The Morgan fingerprint density at radius 2 is 1.85 bits per heavy atom. The third-order valence-electron chi connectivity index (χ3n) is 4.25. The van der Waals surface area contributed by atoms with E-state index in [4.69, 9.17) is 0 Å². The third-order valence-corrected chi connectivity index (χ3v) is 4.25. The van der Waals surface area contributed by atoms with Gasteiger partial charge in [0, 0.05) is 57.6 Å². The smallest absolute Gasteiger partial charge is 0.225 e. The summed E-state index contributed by atoms with van der Waals surface area (Å²) >= 11 is 0. The summed E-state index contributed by atoms with van der Waals surface area (Å²) in [5, 5.41) is 0. The first kappa shape index (κ1) is 15.0. The van der Waals surface area contributed by atoms with E-state index in [-0.39, 0.29) is 5.92 Å². The molecule has 0 atom stereocenters. The van der Waals surface area contributed by atoms with Crippen molar-refractivity contribution in [1.82, 2.24) is 19.4 Å². The number of rotatable bonds is 6. The van der Waals surface area contributed by atoms with E-state index in [1.807, 2.05) is 23.6 Å². The van der Waals surface area contributed by atoms with Crippen molar-refractivity contribution in [2.75, 3.05) is 32.7 Å². The summed E-state index contributed by atoms with van der Waals surface area (Å²) in [4.78, 5) is 20.8. The highest BCUT2D eigenvalue weighted by Gasteiger charge is 2.25. The topological polar surface area (TPSA) is 41.4 Å². The number of aromatic nitrogens is 2. The quantitative estimate of drug-likeness (QED) is 0.791. The second-order valence-electron chi connectivity index (χ2n) is 5.48. The van der Waals surface area contributed by atoms with Gasteiger partial charge in [0.05, 0.1) is 6.33 Å². The predicted octanol–water partition coefficient (Wildman–Crippen LogP) is 1.46. The van der Waals surface area contributed by atoms with E-state index in [1.54, 1.807) is 0 Å². The first-order chi connectivity index (χ1) is 9.74. The molecule has 0 aliphatic carbocycles. The molecule has 0 bridgehead atoms. The molecule has 0 aromatic carbocycles. The highest BCUT2D eigenvalue weighted by molar-refractivity contribution is 5.78. The maximum absolute atomic E-state index is 12.3. The van der Waals surface area contributed by atoms with Crippen LogP contribution in [0.5, 0.6) is 0 Å². The van der Waals surface area contributed by atoms with E-state index in [9.17, 15) is 4.79 Å². The number of carbonyl (C=O) groups is 1. The average molecular weight is 278 g/mol. The maximum atomic E-state index is 12.3. The van der Waals surface area contributed by atoms with Crippen LogP contribution in [0, 0.1) is 5.92 Å². The largest absolute Gasteiger partial charge is 0.340 e. The fourth-order valence-corrected chi connectivity index (χ4v) is 2.76. The number of carbonyl (C=O) groups excluding carboxylic acids is 1. The fourth-order valence-electron chi connectivity index (χ4n) is 2.76. The Kier molecular flexibility index (Phi) is 5.59. The zero-order valence-electron chi connectivity index (χ0n) is 12.7. The van der Waals surface area contributed by atoms with Gasteiger partial charge in [-0.15, -0.1) is 0 Å². The van der Waals surface area contributed by atoms with Gasteiger partial charge in [-0.1, -0.05) is 13.8 Å². The normalized spacial score (nSPS) is 16.9. The van der Waals surface area contributed by atoms with Gasteiger partial charge in [-0.05, 0) is 12.8 Å². The number of piperazine rings is 1. The van der Waals surface area contributed by atoms with E-state index in [1.165, 1.54) is 0 Å². The highest BCUT2D eigenvalue weighted by atomic mass is 16.2. The molecule has 0 saturated carbocycles. The molecule has 1 saturated heterocycles. The zero-order valence-corrected chi connectivity index (χ0v) is 12.7. The predicted molar refractivity (Wildman–Crippen MR) is 79.3 cm³/mol. The van der Waals surface area contributed by atoms with Crippen LogP contribution in [0.3, 0.4) is 0 Å². The lowest BCUT2D eigenvalue weighted by atomic mass is 10.0. The summed E-state index contributed by atoms with van der Waals surface area (Å²) in [5.74, 6) is 0.566. The molecule has 1 amide bonds. The van der Waals surface area contributed by atoms with E-state index in [2.05, 4.69) is 28.3 Å². The number of nitrogens with zero attached hydrogens (tertiary/aromatic N) is 4. The van der Waals surface area contributed by atoms with Crippen molar-refractivity contribution in [3.8, 4) is 0 Å². The van der Waals surface area contributed by atoms with Crippen LogP contribution in [-0.2, 0) is 11.3 Å². The Morgan fingerprint density at radius 1 is 1.15 bits per heavy atom. The van der Waals surface area contributed by atoms with Gasteiger partial charge in [0.2, 0.25) is 5.91 Å². The standard InChI is InChI=1S/C15H26N4O/c1-3-14(4-2)15(20)19-11-9-17(10-12-19)7-8-18-6-5-16-13-18/h5-6,13-14H,3-4,7-12H2,1-2H3. The minimum Gasteiger partial charge on any atom is -0.340 e. The van der Waals surface area contributed by atoms with Crippen LogP contribution in [0.15, 0.2) is 18.7 Å². The number of imidazole rings is 1. The van der Waals surface area contributed by atoms with Crippen molar-refractivity contribution in [2.24, 2.45) is 5.92 Å². The van der Waals surface area contributed by atoms with Gasteiger partial charge in [-0.3, -0.25) is 9.69 Å². The SMILES string of the molecule is CCC(CC)C(=O)N1CCN(CCn2ccnc2)CC1. The molecule has 20 heavy (non-hydrogen) atoms. The summed E-state index contributed by atoms with van der Waals surface area (Å²) < 4.78 is 2.10. The molecule has 0 spiro atoms. The van der Waals surface area contributed by atoms with Crippen LogP contribution in [0.1, 0.15) is 26.7 Å². The summed E-state index contributed by atoms with van der Waals surface area (Å²) in [6.07, 6.45) is 7.57. The Bertz CT molecular complexity index is 392. The Hall–Kier alpha value is -1.36. The highest BCUT2D eigenvalue weighted by Crippen LogP contribution is 2.13. The first-order valence-corrected chi connectivity index (χ1v) is 7.71. The van der Waals surface area contributed by atoms with Crippen LogP contribution >= 0.6 is 0 Å². The van der Waals surface area contributed by atoms with Crippen molar-refractivity contribution < 1.29 is 4.79 Å². The lowest BCUT2D eigenvalue weighted by Crippen LogP contribution is -2.50. The van der Waals surface area contributed by atoms with Gasteiger partial charge in [0.25, 0.3) is 0 Å². The molecule has 2 rings (SSSR count). The van der Waals surface area contributed by atoms with Crippen LogP contribution in [0.4, 0.5) is 0 Å². The third kappa shape index (κ3) is 3.82. The molecule has 1 aliphatic heterocycles. The molecule has 2 heterocycles. The number of amides is 1. The molecule has 5 nitrogen and oxygen atoms in total. The van der Waals surface area contributed by atoms with Gasteiger partial charge in [0.1, 0.15) is 0 Å². The van der Waals surface area contributed by atoms with E-state index >= 15 is 0 Å². The van der Waals surface area contributed by atoms with E-state index in [0.29, 0.717) is 5.91 Å². The Balaban J connectivity index is 1.73. The van der Waals surface area contributed by atoms with Crippen LogP contribution in [-0.4, -0.2) is 58.0 Å². The molecule has 5 heteroatoms. The monoisotopic (exact) mass is 278 g/mol. The van der Waals surface area contributed by atoms with Gasteiger partial charge < -0.3 is 9.47 Å². The fraction of sp³-hybridized carbons (Fsp3) is 0.733. The molecule has 1 aliphatic rings. The number of hydrogen-bond donors (Lipinski definition) is 0. The maximum Gasteiger partial charge on any atom is 0.225 e. The molecular formula is C15H26N4O. The Labute approximate surface area is 121 Å². The minimum atomic E-state index is 0.215. The van der Waals surface area contributed by atoms with Crippen LogP contribution < -0.4 is 0 Å². The second-order valence-corrected chi connectivity index (χ2v) is 5.48. The van der Waals surface area contributed by atoms with E-state index in [0.717, 1.165) is 52.1 Å². The lowest BCUT2D eigenvalue weighted by Gasteiger charge is -2.36. The molecular weight excluding hydrogens is 252 g/mol. The molecule has 112 valence electrons. The Morgan fingerprint density at radius 3 is 2.40 bits per heavy atom. The van der Waals surface area contributed by atoms with Crippen molar-refractivity contribution in [2.45, 2.75) is 33.2 Å². The van der Waals surface area contributed by atoms with Gasteiger partial charge in [0.15, 0.2) is 0 Å². The second kappa shape index (κ2) is 7.43. The molecule has 1 fully saturated rings. The minimum absolute atomic E-state index is 0.215. The summed E-state index contributed by atoms with van der Waals surface area (Å²) in [6.45, 7) is 9.93. The first-order valence-electron chi connectivity index (χ1n) is 7.71. The molecule has 1 aromatic heterocycles. The zero-order chi connectivity index (χ0) is 14.4. The van der Waals surface area contributed by atoms with Crippen LogP contribution in [0.2, 0.25) is 0 Å². The molecule has 0 radical (unpaired) electrons. The van der Waals surface area contributed by atoms with Crippen molar-refractivity contribution in [3.05, 3.63) is 18.7 Å². The molecule has 1 aromatic rings. The molecule has 0 unspecified atom stereocenters. The van der Waals surface area contributed by atoms with Gasteiger partial charge in [-0.2, -0.15) is 0 Å².